The van der Waals surface area contributed by atoms with E-state index in [0.29, 0.717) is 0 Å². The number of likely N-dealkylation sites (N-methyl/N-ethyl adjacent to an activating group) is 1. The van der Waals surface area contributed by atoms with E-state index in [0.717, 1.165) is 36.8 Å². The molecule has 2 bridgehead atoms. The smallest absolute Gasteiger partial charge is 0.0234 e. The Balaban J connectivity index is 1.63. The van der Waals surface area contributed by atoms with Crippen molar-refractivity contribution in [2.45, 2.75) is 39.7 Å². The van der Waals surface area contributed by atoms with E-state index in [1.807, 2.05) is 0 Å². The maximum Gasteiger partial charge on any atom is 0.0234 e. The van der Waals surface area contributed by atoms with Gasteiger partial charge < -0.3 is 4.90 Å². The Bertz CT molecular complexity index is 575. The lowest BCUT2D eigenvalue weighted by Gasteiger charge is -2.29. The molecule has 3 atom stereocenters. The lowest BCUT2D eigenvalue weighted by atomic mass is 9.93. The fraction of sp³-hybridized carbons (Fsp3) is 0.652. The maximum atomic E-state index is 2.70. The highest BCUT2D eigenvalue weighted by Crippen LogP contribution is 2.43. The third kappa shape index (κ3) is 5.43. The molecule has 25 heavy (non-hydrogen) atoms. The number of benzene rings is 1. The standard InChI is InChI=1S/C23H36N2/c1-18(2)12-19-6-5-7-21(13-19)16-25(11-10-24(3)4)17-23-15-20-8-9-22(23)14-20/h5-9,13,18,20,22-23H,10-12,14-17H2,1-4H3. The zero-order chi connectivity index (χ0) is 17.8. The Morgan fingerprint density at radius 3 is 2.48 bits per heavy atom. The minimum absolute atomic E-state index is 0.723. The lowest BCUT2D eigenvalue weighted by molar-refractivity contribution is 0.189. The molecule has 0 N–H and O–H groups in total. The van der Waals surface area contributed by atoms with Gasteiger partial charge in [-0.1, -0.05) is 50.3 Å². The zero-order valence-corrected chi connectivity index (χ0v) is 16.6. The molecule has 0 radical (unpaired) electrons. The van der Waals surface area contributed by atoms with Crippen molar-refractivity contribution in [3.63, 3.8) is 0 Å². The fourth-order valence-electron chi connectivity index (χ4n) is 4.60. The second kappa shape index (κ2) is 8.51. The molecule has 0 aliphatic heterocycles. The third-order valence-electron chi connectivity index (χ3n) is 5.81. The van der Waals surface area contributed by atoms with E-state index in [1.54, 1.807) is 0 Å². The van der Waals surface area contributed by atoms with Crippen LogP contribution in [-0.2, 0) is 13.0 Å². The van der Waals surface area contributed by atoms with Crippen molar-refractivity contribution in [2.24, 2.45) is 23.7 Å². The van der Waals surface area contributed by atoms with E-state index in [4.69, 9.17) is 0 Å². The van der Waals surface area contributed by atoms with Crippen molar-refractivity contribution >= 4 is 0 Å². The van der Waals surface area contributed by atoms with Gasteiger partial charge >= 0.3 is 0 Å². The van der Waals surface area contributed by atoms with Crippen LogP contribution in [0.2, 0.25) is 0 Å². The van der Waals surface area contributed by atoms with E-state index in [-0.39, 0.29) is 0 Å². The van der Waals surface area contributed by atoms with Gasteiger partial charge in [-0.3, -0.25) is 4.90 Å². The van der Waals surface area contributed by atoms with Crippen LogP contribution in [0.1, 0.15) is 37.8 Å². The Morgan fingerprint density at radius 1 is 1.04 bits per heavy atom. The second-order valence-electron chi connectivity index (χ2n) is 9.00. The number of nitrogens with zero attached hydrogens (tertiary/aromatic N) is 2. The molecule has 0 amide bonds. The maximum absolute atomic E-state index is 2.70. The molecule has 1 aromatic carbocycles. The number of allylic oxidation sites excluding steroid dienone is 2. The van der Waals surface area contributed by atoms with Crippen molar-refractivity contribution in [3.05, 3.63) is 47.5 Å². The zero-order valence-electron chi connectivity index (χ0n) is 16.6. The predicted octanol–water partition coefficient (Wildman–Crippen LogP) is 4.46. The van der Waals surface area contributed by atoms with Crippen LogP contribution in [0.4, 0.5) is 0 Å². The highest BCUT2D eigenvalue weighted by molar-refractivity contribution is 5.24. The Labute approximate surface area is 154 Å². The van der Waals surface area contributed by atoms with E-state index < -0.39 is 0 Å². The number of rotatable bonds is 9. The fourth-order valence-corrected chi connectivity index (χ4v) is 4.60. The van der Waals surface area contributed by atoms with Crippen molar-refractivity contribution in [1.82, 2.24) is 9.80 Å². The van der Waals surface area contributed by atoms with Gasteiger partial charge in [0.1, 0.15) is 0 Å². The first-order chi connectivity index (χ1) is 12.0. The van der Waals surface area contributed by atoms with E-state index in [2.05, 4.69) is 74.2 Å². The van der Waals surface area contributed by atoms with Gasteiger partial charge in [0.2, 0.25) is 0 Å². The summed E-state index contributed by atoms with van der Waals surface area (Å²) >= 11 is 0. The van der Waals surface area contributed by atoms with Crippen LogP contribution in [0.3, 0.4) is 0 Å². The molecule has 0 spiro atoms. The highest BCUT2D eigenvalue weighted by Gasteiger charge is 2.36. The van der Waals surface area contributed by atoms with Gasteiger partial charge in [-0.05, 0) is 68.2 Å². The van der Waals surface area contributed by atoms with Crippen LogP contribution in [0.5, 0.6) is 0 Å². The summed E-state index contributed by atoms with van der Waals surface area (Å²) in [5.74, 6) is 3.32. The van der Waals surface area contributed by atoms with Gasteiger partial charge in [0, 0.05) is 26.2 Å². The van der Waals surface area contributed by atoms with Gasteiger partial charge in [0.05, 0.1) is 0 Å². The molecular formula is C23H36N2. The molecule has 3 unspecified atom stereocenters. The van der Waals surface area contributed by atoms with Gasteiger partial charge in [-0.2, -0.15) is 0 Å². The number of hydrogen-bond acceptors (Lipinski definition) is 2. The molecule has 2 aliphatic rings. The lowest BCUT2D eigenvalue weighted by Crippen LogP contribution is -2.36. The first-order valence-corrected chi connectivity index (χ1v) is 10.1. The molecule has 138 valence electrons. The summed E-state index contributed by atoms with van der Waals surface area (Å²) in [5, 5.41) is 0. The molecule has 1 aromatic rings. The van der Waals surface area contributed by atoms with Crippen molar-refractivity contribution in [3.8, 4) is 0 Å². The number of hydrogen-bond donors (Lipinski definition) is 0. The van der Waals surface area contributed by atoms with Crippen LogP contribution in [0.25, 0.3) is 0 Å². The molecule has 2 aliphatic carbocycles. The first kappa shape index (κ1) is 18.7. The van der Waals surface area contributed by atoms with Crippen molar-refractivity contribution in [1.29, 1.82) is 0 Å². The topological polar surface area (TPSA) is 6.48 Å². The normalized spacial score (nSPS) is 25.0. The van der Waals surface area contributed by atoms with Crippen LogP contribution >= 0.6 is 0 Å². The molecule has 1 saturated carbocycles. The molecule has 2 heteroatoms. The van der Waals surface area contributed by atoms with E-state index >= 15 is 0 Å². The predicted molar refractivity (Wildman–Crippen MR) is 108 cm³/mol. The van der Waals surface area contributed by atoms with E-state index in [9.17, 15) is 0 Å². The van der Waals surface area contributed by atoms with Crippen molar-refractivity contribution in [2.75, 3.05) is 33.7 Å². The summed E-state index contributed by atoms with van der Waals surface area (Å²) in [7, 11) is 4.36. The molecule has 0 saturated heterocycles. The average Bonchev–Trinajstić information content (AvgIpc) is 3.15. The molecule has 3 rings (SSSR count). The summed E-state index contributed by atoms with van der Waals surface area (Å²) in [5.41, 5.74) is 2.97. The summed E-state index contributed by atoms with van der Waals surface area (Å²) in [6.07, 6.45) is 8.96. The minimum atomic E-state index is 0.723. The molecule has 1 fully saturated rings. The minimum Gasteiger partial charge on any atom is -0.308 e. The van der Waals surface area contributed by atoms with Crippen LogP contribution in [-0.4, -0.2) is 43.5 Å². The molecule has 2 nitrogen and oxygen atoms in total. The molecule has 0 heterocycles. The van der Waals surface area contributed by atoms with Crippen molar-refractivity contribution < 1.29 is 0 Å². The van der Waals surface area contributed by atoms with Gasteiger partial charge in [-0.15, -0.1) is 0 Å². The van der Waals surface area contributed by atoms with Gasteiger partial charge in [0.15, 0.2) is 0 Å². The molecule has 0 aromatic heterocycles. The number of fused-ring (bicyclic) bond motifs is 2. The van der Waals surface area contributed by atoms with Gasteiger partial charge in [0.25, 0.3) is 0 Å². The largest absolute Gasteiger partial charge is 0.308 e. The Morgan fingerprint density at radius 2 is 1.84 bits per heavy atom. The van der Waals surface area contributed by atoms with Crippen LogP contribution in [0.15, 0.2) is 36.4 Å². The van der Waals surface area contributed by atoms with Gasteiger partial charge in [-0.25, -0.2) is 0 Å². The van der Waals surface area contributed by atoms with Crippen LogP contribution in [0, 0.1) is 23.7 Å². The Kier molecular flexibility index (Phi) is 6.35. The summed E-state index contributed by atoms with van der Waals surface area (Å²) in [6, 6.07) is 9.28. The van der Waals surface area contributed by atoms with Crippen LogP contribution < -0.4 is 0 Å². The summed E-state index contributed by atoms with van der Waals surface area (Å²) in [4.78, 5) is 5.01. The quantitative estimate of drug-likeness (QED) is 0.612. The molecular weight excluding hydrogens is 304 g/mol. The summed E-state index contributed by atoms with van der Waals surface area (Å²) in [6.45, 7) is 9.27. The Hall–Kier alpha value is -1.12. The average molecular weight is 341 g/mol. The van der Waals surface area contributed by atoms with E-state index in [1.165, 1.54) is 43.5 Å². The monoisotopic (exact) mass is 340 g/mol. The SMILES string of the molecule is CC(C)Cc1cccc(CN(CCN(C)C)CC2CC3C=CC2C3)c1. The highest BCUT2D eigenvalue weighted by atomic mass is 15.2. The third-order valence-corrected chi connectivity index (χ3v) is 5.81. The summed E-state index contributed by atoms with van der Waals surface area (Å²) < 4.78 is 0. The second-order valence-corrected chi connectivity index (χ2v) is 9.00. The first-order valence-electron chi connectivity index (χ1n) is 10.1.